The quantitative estimate of drug-likeness (QED) is 0.170. The summed E-state index contributed by atoms with van der Waals surface area (Å²) in [6.45, 7) is 13.9. The van der Waals surface area contributed by atoms with Gasteiger partial charge in [-0.15, -0.1) is 0 Å². The first-order chi connectivity index (χ1) is 26.1. The van der Waals surface area contributed by atoms with Crippen LogP contribution < -0.4 is 37.0 Å². The molecule has 3 aliphatic rings. The van der Waals surface area contributed by atoms with Crippen molar-refractivity contribution < 1.29 is 0 Å². The molecular weight excluding hydrogens is 650 g/mol. The second-order valence-corrected chi connectivity index (χ2v) is 17.4. The molecule has 4 heteroatoms. The molecule has 0 aromatic heterocycles. The molecule has 3 aliphatic heterocycles. The minimum Gasteiger partial charge on any atom is -0.377 e. The average Bonchev–Trinajstić information content (AvgIpc) is 3.18. The lowest BCUT2D eigenvalue weighted by atomic mass is 9.32. The van der Waals surface area contributed by atoms with Gasteiger partial charge >= 0.3 is 6.85 Å². The summed E-state index contributed by atoms with van der Waals surface area (Å²) < 4.78 is 0. The molecule has 3 heterocycles. The molecule has 0 amide bonds. The van der Waals surface area contributed by atoms with Crippen molar-refractivity contribution in [3.05, 3.63) is 169 Å². The van der Waals surface area contributed by atoms with Crippen LogP contribution in [0.5, 0.6) is 0 Å². The number of hydrogen-bond donors (Lipinski definition) is 0. The third kappa shape index (κ3) is 4.96. The number of rotatable bonds is 4. The van der Waals surface area contributed by atoms with Crippen LogP contribution in [0.25, 0.3) is 22.3 Å². The summed E-state index contributed by atoms with van der Waals surface area (Å²) in [6, 6.07) is 59.7. The topological polar surface area (TPSA) is 6.48 Å². The molecule has 10 rings (SSSR count). The summed E-state index contributed by atoms with van der Waals surface area (Å²) in [6.07, 6.45) is 0. The van der Waals surface area contributed by atoms with E-state index in [1.54, 1.807) is 0 Å². The highest BCUT2D eigenvalue weighted by atomic mass is 15.1. The van der Waals surface area contributed by atoms with Crippen molar-refractivity contribution in [3.8, 4) is 22.3 Å². The number of benzene rings is 7. The average molecular weight is 695 g/mol. The van der Waals surface area contributed by atoms with Crippen molar-refractivity contribution in [3.63, 3.8) is 0 Å². The predicted octanol–water partition coefficient (Wildman–Crippen LogP) is 9.49. The molecule has 0 radical (unpaired) electrons. The molecule has 7 aromatic rings. The van der Waals surface area contributed by atoms with Crippen molar-refractivity contribution in [2.45, 2.75) is 52.4 Å². The third-order valence-corrected chi connectivity index (χ3v) is 12.1. The molecule has 0 spiro atoms. The summed E-state index contributed by atoms with van der Waals surface area (Å²) in [7, 11) is 0. The maximum atomic E-state index is 2.68. The second kappa shape index (κ2) is 11.9. The Labute approximate surface area is 321 Å². The first-order valence-electron chi connectivity index (χ1n) is 19.4. The number of anilines is 5. The third-order valence-electron chi connectivity index (χ3n) is 12.1. The fourth-order valence-corrected chi connectivity index (χ4v) is 9.35. The molecule has 0 saturated carbocycles. The molecule has 0 N–H and O–H groups in total. The molecule has 0 fully saturated rings. The van der Waals surface area contributed by atoms with Crippen LogP contribution in [0.4, 0.5) is 28.4 Å². The lowest BCUT2D eigenvalue weighted by molar-refractivity contribution is 0.590. The lowest BCUT2D eigenvalue weighted by Gasteiger charge is -2.49. The molecule has 0 atom stereocenters. The monoisotopic (exact) mass is 694 g/mol. The molecule has 260 valence electrons. The molecular formula is C50H44B2N2. The fourth-order valence-electron chi connectivity index (χ4n) is 9.35. The first-order valence-corrected chi connectivity index (χ1v) is 19.4. The highest BCUT2D eigenvalue weighted by Crippen LogP contribution is 2.46. The Morgan fingerprint density at radius 2 is 0.759 bits per heavy atom. The van der Waals surface area contributed by atoms with Gasteiger partial charge in [0.25, 0.3) is 0 Å². The van der Waals surface area contributed by atoms with E-state index in [4.69, 9.17) is 0 Å². The minimum atomic E-state index is 0.0897. The summed E-state index contributed by atoms with van der Waals surface area (Å²) in [5.74, 6) is 0. The molecule has 7 aromatic carbocycles. The largest absolute Gasteiger partial charge is 0.377 e. The van der Waals surface area contributed by atoms with Crippen LogP contribution in [0.2, 0.25) is 0 Å². The van der Waals surface area contributed by atoms with Crippen molar-refractivity contribution in [2.75, 3.05) is 9.71 Å². The Bertz CT molecular complexity index is 2420. The van der Waals surface area contributed by atoms with Crippen molar-refractivity contribution in [2.24, 2.45) is 0 Å². The zero-order chi connectivity index (χ0) is 36.9. The number of fused-ring (bicyclic) bond motifs is 6. The molecule has 0 saturated heterocycles. The van der Waals surface area contributed by atoms with Gasteiger partial charge in [-0.3, -0.25) is 0 Å². The zero-order valence-corrected chi connectivity index (χ0v) is 32.1. The Kier molecular flexibility index (Phi) is 7.24. The van der Waals surface area contributed by atoms with E-state index in [1.165, 1.54) is 72.1 Å². The van der Waals surface area contributed by atoms with Gasteiger partial charge in [-0.2, -0.15) is 0 Å². The molecule has 0 aliphatic carbocycles. The first kappa shape index (κ1) is 32.9. The van der Waals surface area contributed by atoms with Crippen LogP contribution >= 0.6 is 0 Å². The van der Waals surface area contributed by atoms with E-state index in [2.05, 4.69) is 209 Å². The van der Waals surface area contributed by atoms with Gasteiger partial charge in [0.1, 0.15) is 0 Å². The second-order valence-electron chi connectivity index (χ2n) is 17.4. The number of para-hydroxylation sites is 2. The minimum absolute atomic E-state index is 0.0897. The van der Waals surface area contributed by atoms with E-state index < -0.39 is 0 Å². The van der Waals surface area contributed by atoms with E-state index >= 15 is 0 Å². The van der Waals surface area contributed by atoms with Gasteiger partial charge in [-0.1, -0.05) is 168 Å². The van der Waals surface area contributed by atoms with Gasteiger partial charge in [0.05, 0.1) is 0 Å². The fraction of sp³-hybridized carbons (Fsp3) is 0.160. The zero-order valence-electron chi connectivity index (χ0n) is 32.1. The Morgan fingerprint density at radius 3 is 1.19 bits per heavy atom. The standard InChI is InChI=1S/C50H44B2N2/c1-49(2,3)33-21-27-36(28-22-33)53(37-29-23-34(24-30-37)50(4,5)6)38-31-25-35(26-32-38)51-45-19-11-15-41-39-13-7-9-17-43(39)52-44-18-10-8-14-40(44)42-16-12-20-46(51)48(42)54(52)47(41)45/h7-32H,1-6H3. The number of hydrogen-bond acceptors (Lipinski definition) is 2. The molecule has 0 unspecified atom stereocenters. The van der Waals surface area contributed by atoms with Crippen LogP contribution in [-0.2, 0) is 10.8 Å². The maximum Gasteiger partial charge on any atom is 0.329 e. The van der Waals surface area contributed by atoms with Gasteiger partial charge in [-0.05, 0) is 91.3 Å². The van der Waals surface area contributed by atoms with E-state index in [0.717, 1.165) is 17.1 Å². The van der Waals surface area contributed by atoms with Crippen LogP contribution in [0.1, 0.15) is 52.7 Å². The van der Waals surface area contributed by atoms with Gasteiger partial charge in [0, 0.05) is 39.6 Å². The summed E-state index contributed by atoms with van der Waals surface area (Å²) in [5.41, 5.74) is 21.1. The normalized spacial score (nSPS) is 13.6. The highest BCUT2D eigenvalue weighted by molar-refractivity contribution is 7.01. The maximum absolute atomic E-state index is 2.68. The smallest absolute Gasteiger partial charge is 0.329 e. The predicted molar refractivity (Wildman–Crippen MR) is 234 cm³/mol. The number of nitrogens with zero attached hydrogens (tertiary/aromatic N) is 2. The molecule has 0 bridgehead atoms. The van der Waals surface area contributed by atoms with E-state index in [1.807, 2.05) is 0 Å². The van der Waals surface area contributed by atoms with E-state index in [9.17, 15) is 0 Å². The van der Waals surface area contributed by atoms with Gasteiger partial charge in [0.15, 0.2) is 0 Å². The SMILES string of the molecule is CC(C)(C)c1ccc(N(c2ccc(B3c4cccc5c4N4B(c6ccccc6-5)c5ccccc5-c5cccc3c54)cc2)c2ccc(C(C)(C)C)cc2)cc1. The molecule has 54 heavy (non-hydrogen) atoms. The van der Waals surface area contributed by atoms with E-state index in [0.29, 0.717) is 0 Å². The summed E-state index contributed by atoms with van der Waals surface area (Å²) >= 11 is 0. The van der Waals surface area contributed by atoms with Crippen molar-refractivity contribution in [1.82, 2.24) is 0 Å². The van der Waals surface area contributed by atoms with Crippen LogP contribution in [0.15, 0.2) is 158 Å². The van der Waals surface area contributed by atoms with Crippen LogP contribution in [0, 0.1) is 0 Å². The van der Waals surface area contributed by atoms with Gasteiger partial charge in [0.2, 0.25) is 6.71 Å². The highest BCUT2D eigenvalue weighted by Gasteiger charge is 2.48. The summed E-state index contributed by atoms with van der Waals surface area (Å²) in [4.78, 5) is 5.08. The molecule has 2 nitrogen and oxygen atoms in total. The van der Waals surface area contributed by atoms with Crippen molar-refractivity contribution in [1.29, 1.82) is 0 Å². The van der Waals surface area contributed by atoms with E-state index in [-0.39, 0.29) is 24.4 Å². The van der Waals surface area contributed by atoms with Gasteiger partial charge < -0.3 is 9.71 Å². The Hall–Kier alpha value is -5.73. The Morgan fingerprint density at radius 1 is 0.389 bits per heavy atom. The van der Waals surface area contributed by atoms with Crippen LogP contribution in [0.3, 0.4) is 0 Å². The van der Waals surface area contributed by atoms with Gasteiger partial charge in [-0.25, -0.2) is 0 Å². The summed E-state index contributed by atoms with van der Waals surface area (Å²) in [5, 5.41) is 0. The van der Waals surface area contributed by atoms with Crippen molar-refractivity contribution >= 4 is 69.3 Å². The lowest BCUT2D eigenvalue weighted by Crippen LogP contribution is -2.67. The Balaban J connectivity index is 1.14. The van der Waals surface area contributed by atoms with Crippen LogP contribution in [-0.4, -0.2) is 13.6 Å².